The number of sulfone groups is 1. The molecule has 0 unspecified atom stereocenters. The maximum Gasteiger partial charge on any atom is 0.175 e. The molecule has 0 aliphatic carbocycles. The second kappa shape index (κ2) is 4.61. The van der Waals surface area contributed by atoms with Crippen LogP contribution in [0.2, 0.25) is 0 Å². The van der Waals surface area contributed by atoms with Crippen molar-refractivity contribution in [3.8, 4) is 5.75 Å². The van der Waals surface area contributed by atoms with Crippen molar-refractivity contribution in [1.82, 2.24) is 5.48 Å². The Bertz CT molecular complexity index is 441. The predicted octanol–water partition coefficient (Wildman–Crippen LogP) is 0.578. The number of nitrogens with one attached hydrogen (secondary N) is 1. The SMILES string of the molecule is COc1ccc(S(C)(=O)=O)cc1CNO. The highest BCUT2D eigenvalue weighted by Gasteiger charge is 2.10. The van der Waals surface area contributed by atoms with Crippen LogP contribution in [0, 0.1) is 0 Å². The zero-order chi connectivity index (χ0) is 11.5. The zero-order valence-corrected chi connectivity index (χ0v) is 9.34. The molecule has 0 radical (unpaired) electrons. The third-order valence-electron chi connectivity index (χ3n) is 1.95. The van der Waals surface area contributed by atoms with E-state index in [4.69, 9.17) is 9.94 Å². The Morgan fingerprint density at radius 2 is 2.13 bits per heavy atom. The first-order valence-corrected chi connectivity index (χ1v) is 6.12. The summed E-state index contributed by atoms with van der Waals surface area (Å²) in [5.41, 5.74) is 2.55. The number of benzene rings is 1. The van der Waals surface area contributed by atoms with Crippen LogP contribution in [0.4, 0.5) is 0 Å². The Labute approximate surface area is 88.6 Å². The summed E-state index contributed by atoms with van der Waals surface area (Å²) in [7, 11) is -1.75. The van der Waals surface area contributed by atoms with Gasteiger partial charge in [-0.05, 0) is 18.2 Å². The van der Waals surface area contributed by atoms with E-state index in [9.17, 15) is 8.42 Å². The number of rotatable bonds is 4. The molecule has 15 heavy (non-hydrogen) atoms. The van der Waals surface area contributed by atoms with Crippen molar-refractivity contribution in [3.63, 3.8) is 0 Å². The van der Waals surface area contributed by atoms with Crippen molar-refractivity contribution in [3.05, 3.63) is 23.8 Å². The van der Waals surface area contributed by atoms with Gasteiger partial charge < -0.3 is 9.94 Å². The molecular formula is C9H13NO4S. The van der Waals surface area contributed by atoms with Gasteiger partial charge >= 0.3 is 0 Å². The first kappa shape index (κ1) is 12.0. The second-order valence-electron chi connectivity index (χ2n) is 3.08. The van der Waals surface area contributed by atoms with E-state index in [2.05, 4.69) is 0 Å². The Balaban J connectivity index is 3.22. The highest BCUT2D eigenvalue weighted by Crippen LogP contribution is 2.22. The first-order valence-electron chi connectivity index (χ1n) is 4.23. The molecule has 0 aliphatic rings. The van der Waals surface area contributed by atoms with E-state index in [0.717, 1.165) is 6.26 Å². The fourth-order valence-corrected chi connectivity index (χ4v) is 1.88. The molecule has 2 N–H and O–H groups in total. The number of ether oxygens (including phenoxy) is 1. The van der Waals surface area contributed by atoms with Crippen molar-refractivity contribution in [2.24, 2.45) is 0 Å². The monoisotopic (exact) mass is 231 g/mol. The number of hydrogen-bond donors (Lipinski definition) is 2. The molecule has 1 aromatic rings. The molecule has 0 heterocycles. The molecule has 0 bridgehead atoms. The zero-order valence-electron chi connectivity index (χ0n) is 8.52. The van der Waals surface area contributed by atoms with Gasteiger partial charge in [-0.1, -0.05) is 0 Å². The molecule has 0 saturated carbocycles. The minimum Gasteiger partial charge on any atom is -0.496 e. The Hall–Kier alpha value is -1.11. The molecule has 0 aliphatic heterocycles. The molecule has 1 aromatic carbocycles. The second-order valence-corrected chi connectivity index (χ2v) is 5.10. The summed E-state index contributed by atoms with van der Waals surface area (Å²) in [5.74, 6) is 0.531. The van der Waals surface area contributed by atoms with Gasteiger partial charge in [0, 0.05) is 18.4 Å². The summed E-state index contributed by atoms with van der Waals surface area (Å²) in [6.07, 6.45) is 1.13. The van der Waals surface area contributed by atoms with E-state index in [1.54, 1.807) is 6.07 Å². The van der Waals surface area contributed by atoms with E-state index in [0.29, 0.717) is 11.3 Å². The predicted molar refractivity (Wildman–Crippen MR) is 54.7 cm³/mol. The van der Waals surface area contributed by atoms with E-state index in [1.165, 1.54) is 19.2 Å². The van der Waals surface area contributed by atoms with E-state index in [-0.39, 0.29) is 11.4 Å². The van der Waals surface area contributed by atoms with Crippen LogP contribution in [0.3, 0.4) is 0 Å². The van der Waals surface area contributed by atoms with Gasteiger partial charge in [0.25, 0.3) is 0 Å². The van der Waals surface area contributed by atoms with Crippen LogP contribution in [-0.2, 0) is 16.4 Å². The lowest BCUT2D eigenvalue weighted by atomic mass is 10.2. The van der Waals surface area contributed by atoms with Crippen LogP contribution < -0.4 is 10.2 Å². The molecular weight excluding hydrogens is 218 g/mol. The normalized spacial score (nSPS) is 11.4. The van der Waals surface area contributed by atoms with Crippen molar-refractivity contribution in [2.45, 2.75) is 11.4 Å². The maximum absolute atomic E-state index is 11.3. The Morgan fingerprint density at radius 1 is 1.47 bits per heavy atom. The number of hydroxylamine groups is 1. The molecule has 5 nitrogen and oxygen atoms in total. The Morgan fingerprint density at radius 3 is 2.60 bits per heavy atom. The standard InChI is InChI=1S/C9H13NO4S/c1-14-9-4-3-8(15(2,12)13)5-7(9)6-10-11/h3-5,10-11H,6H2,1-2H3. The van der Waals surface area contributed by atoms with Crippen molar-refractivity contribution < 1.29 is 18.4 Å². The fourth-order valence-electron chi connectivity index (χ4n) is 1.21. The molecule has 0 amide bonds. The van der Waals surface area contributed by atoms with Crippen LogP contribution in [0.5, 0.6) is 5.75 Å². The van der Waals surface area contributed by atoms with Gasteiger partial charge in [0.1, 0.15) is 5.75 Å². The van der Waals surface area contributed by atoms with Crippen LogP contribution >= 0.6 is 0 Å². The largest absolute Gasteiger partial charge is 0.496 e. The molecule has 6 heteroatoms. The lowest BCUT2D eigenvalue weighted by Crippen LogP contribution is -2.09. The van der Waals surface area contributed by atoms with Gasteiger partial charge in [0.2, 0.25) is 0 Å². The summed E-state index contributed by atoms with van der Waals surface area (Å²) in [4.78, 5) is 0.202. The third-order valence-corrected chi connectivity index (χ3v) is 3.06. The lowest BCUT2D eigenvalue weighted by molar-refractivity contribution is 0.160. The number of methoxy groups -OCH3 is 1. The number of hydrogen-bond acceptors (Lipinski definition) is 5. The Kier molecular flexibility index (Phi) is 3.67. The highest BCUT2D eigenvalue weighted by molar-refractivity contribution is 7.90. The third kappa shape index (κ3) is 2.92. The van der Waals surface area contributed by atoms with Crippen LogP contribution in [0.1, 0.15) is 5.56 Å². The molecule has 0 atom stereocenters. The lowest BCUT2D eigenvalue weighted by Gasteiger charge is -2.08. The molecule has 0 aromatic heterocycles. The van der Waals surface area contributed by atoms with Crippen molar-refractivity contribution in [2.75, 3.05) is 13.4 Å². The van der Waals surface area contributed by atoms with Gasteiger partial charge in [-0.3, -0.25) is 0 Å². The average molecular weight is 231 g/mol. The van der Waals surface area contributed by atoms with Crippen LogP contribution in [0.25, 0.3) is 0 Å². The van der Waals surface area contributed by atoms with Gasteiger partial charge in [0.15, 0.2) is 9.84 Å². The molecule has 0 fully saturated rings. The quantitative estimate of drug-likeness (QED) is 0.741. The fraction of sp³-hybridized carbons (Fsp3) is 0.333. The smallest absolute Gasteiger partial charge is 0.175 e. The van der Waals surface area contributed by atoms with E-state index >= 15 is 0 Å². The van der Waals surface area contributed by atoms with Gasteiger partial charge in [0.05, 0.1) is 12.0 Å². The summed E-state index contributed by atoms with van der Waals surface area (Å²) in [6, 6.07) is 4.50. The summed E-state index contributed by atoms with van der Waals surface area (Å²) >= 11 is 0. The average Bonchev–Trinajstić information content (AvgIpc) is 2.17. The summed E-state index contributed by atoms with van der Waals surface area (Å²) in [5, 5.41) is 8.58. The maximum atomic E-state index is 11.3. The van der Waals surface area contributed by atoms with Crippen molar-refractivity contribution >= 4 is 9.84 Å². The summed E-state index contributed by atoms with van der Waals surface area (Å²) in [6.45, 7) is 0.131. The molecule has 84 valence electrons. The van der Waals surface area contributed by atoms with Crippen LogP contribution in [0.15, 0.2) is 23.1 Å². The minimum atomic E-state index is -3.23. The van der Waals surface area contributed by atoms with Crippen LogP contribution in [-0.4, -0.2) is 27.0 Å². The summed E-state index contributed by atoms with van der Waals surface area (Å²) < 4.78 is 27.6. The van der Waals surface area contributed by atoms with E-state index < -0.39 is 9.84 Å². The van der Waals surface area contributed by atoms with Gasteiger partial charge in [-0.2, -0.15) is 0 Å². The van der Waals surface area contributed by atoms with Gasteiger partial charge in [-0.25, -0.2) is 13.9 Å². The highest BCUT2D eigenvalue weighted by atomic mass is 32.2. The van der Waals surface area contributed by atoms with Gasteiger partial charge in [-0.15, -0.1) is 0 Å². The van der Waals surface area contributed by atoms with Crippen molar-refractivity contribution in [1.29, 1.82) is 0 Å². The van der Waals surface area contributed by atoms with E-state index in [1.807, 2.05) is 5.48 Å². The minimum absolute atomic E-state index is 0.131. The molecule has 1 rings (SSSR count). The first-order chi connectivity index (χ1) is 6.99. The topological polar surface area (TPSA) is 75.6 Å². The molecule has 0 saturated heterocycles. The molecule has 0 spiro atoms.